The monoisotopic (exact) mass is 453 g/mol. The minimum atomic E-state index is -1.07. The van der Waals surface area contributed by atoms with Crippen LogP contribution in [0.3, 0.4) is 0 Å². The van der Waals surface area contributed by atoms with Crippen molar-refractivity contribution >= 4 is 23.2 Å². The predicted molar refractivity (Wildman–Crippen MR) is 106 cm³/mol. The highest BCUT2D eigenvalue weighted by Crippen LogP contribution is 2.44. The van der Waals surface area contributed by atoms with E-state index in [1.54, 1.807) is 27.7 Å². The number of hydrogen-bond acceptors (Lipinski definition) is 9. The lowest BCUT2D eigenvalue weighted by Crippen LogP contribution is -2.99. The zero-order chi connectivity index (χ0) is 23.3. The molecule has 0 bridgehead atoms. The molecule has 176 valence electrons. The molecule has 6 atom stereocenters. The van der Waals surface area contributed by atoms with E-state index in [0.717, 1.165) is 0 Å². The van der Waals surface area contributed by atoms with Crippen molar-refractivity contribution in [1.82, 2.24) is 5.32 Å². The Morgan fingerprint density at radius 2 is 1.59 bits per heavy atom. The van der Waals surface area contributed by atoms with Gasteiger partial charge in [0.15, 0.2) is 29.7 Å². The van der Waals surface area contributed by atoms with Crippen molar-refractivity contribution in [3.63, 3.8) is 0 Å². The second kappa shape index (κ2) is 8.32. The summed E-state index contributed by atoms with van der Waals surface area (Å²) in [5, 5.41) is 23.9. The number of hydrogen-bond donors (Lipinski definition) is 4. The van der Waals surface area contributed by atoms with Crippen LogP contribution in [0.15, 0.2) is 24.3 Å². The third-order valence-corrected chi connectivity index (χ3v) is 5.25. The average Bonchev–Trinajstić information content (AvgIpc) is 3.19. The third kappa shape index (κ3) is 4.77. The lowest BCUT2D eigenvalue weighted by molar-refractivity contribution is -0.991. The van der Waals surface area contributed by atoms with Crippen molar-refractivity contribution in [2.24, 2.45) is 0 Å². The Bertz CT molecular complexity index is 874. The van der Waals surface area contributed by atoms with Gasteiger partial charge in [-0.15, -0.1) is 0 Å². The Balaban J connectivity index is 1.37. The summed E-state index contributed by atoms with van der Waals surface area (Å²) in [5.74, 6) is -2.89. The number of ether oxygens (including phenoxy) is 5. The maximum Gasteiger partial charge on any atom is 0.252 e. The first kappa shape index (κ1) is 23.0. The van der Waals surface area contributed by atoms with Crippen molar-refractivity contribution in [1.29, 1.82) is 0 Å². The highest BCUT2D eigenvalue weighted by atomic mass is 16.9. The molecule has 0 aliphatic carbocycles. The molecule has 32 heavy (non-hydrogen) atoms. The summed E-state index contributed by atoms with van der Waals surface area (Å²) in [6.45, 7) is 6.64. The molecule has 3 heterocycles. The molecule has 1 aromatic carbocycles. The molecular formula is C20H27N3O9. The predicted octanol–water partition coefficient (Wildman–Crippen LogP) is -0.459. The lowest BCUT2D eigenvalue weighted by Gasteiger charge is -2.36. The van der Waals surface area contributed by atoms with E-state index in [1.807, 2.05) is 0 Å². The topological polar surface area (TPSA) is 152 Å². The van der Waals surface area contributed by atoms with Gasteiger partial charge in [0.05, 0.1) is 6.54 Å². The van der Waals surface area contributed by atoms with Gasteiger partial charge in [-0.3, -0.25) is 9.59 Å². The summed E-state index contributed by atoms with van der Waals surface area (Å²) >= 11 is 0. The zero-order valence-corrected chi connectivity index (χ0v) is 18.1. The molecule has 1 aromatic rings. The molecule has 0 saturated carbocycles. The molecule has 0 radical (unpaired) electrons. The standard InChI is InChI=1S/C20H27N3O9/c1-19(2)29-13-14(30-19)16-18(32-20(3,4)31-16)28-15(13)17(25)21-9-12(24)22-10-5-7-11(8-6-10)23(26)27/h5-8,13-16,18,23,26H,9H2,1-4H3,(H,21,25)(H,22,24)/t13-,14+,15?,16-,18-/m1/s1. The number of fused-ring (bicyclic) bond motifs is 3. The number of anilines is 1. The third-order valence-electron chi connectivity index (χ3n) is 5.25. The molecular weight excluding hydrogens is 426 g/mol. The number of carbonyl (C=O) groups excluding carboxylic acids is 2. The van der Waals surface area contributed by atoms with Crippen LogP contribution in [0.2, 0.25) is 0 Å². The fraction of sp³-hybridized carbons (Fsp3) is 0.600. The molecule has 2 unspecified atom stereocenters. The van der Waals surface area contributed by atoms with E-state index in [1.165, 1.54) is 24.3 Å². The van der Waals surface area contributed by atoms with Crippen LogP contribution in [0, 0.1) is 5.21 Å². The van der Waals surface area contributed by atoms with Gasteiger partial charge in [0.25, 0.3) is 5.91 Å². The summed E-state index contributed by atoms with van der Waals surface area (Å²) in [4.78, 5) is 25.1. The van der Waals surface area contributed by atoms with Crippen LogP contribution in [0.5, 0.6) is 0 Å². The maximum absolute atomic E-state index is 12.9. The maximum atomic E-state index is 12.9. The fourth-order valence-corrected chi connectivity index (χ4v) is 3.99. The number of quaternary nitrogens is 1. The van der Waals surface area contributed by atoms with Gasteiger partial charge >= 0.3 is 0 Å². The lowest BCUT2D eigenvalue weighted by atomic mass is 9.98. The van der Waals surface area contributed by atoms with E-state index in [2.05, 4.69) is 10.6 Å². The quantitative estimate of drug-likeness (QED) is 0.434. The number of nitrogens with one attached hydrogen (secondary N) is 3. The van der Waals surface area contributed by atoms with Gasteiger partial charge in [0.2, 0.25) is 5.91 Å². The van der Waals surface area contributed by atoms with Crippen LogP contribution < -0.4 is 15.9 Å². The van der Waals surface area contributed by atoms with Crippen LogP contribution in [-0.2, 0) is 33.3 Å². The minimum absolute atomic E-state index is 0.0987. The highest BCUT2D eigenvalue weighted by Gasteiger charge is 2.62. The molecule has 12 nitrogen and oxygen atoms in total. The summed E-state index contributed by atoms with van der Waals surface area (Å²) in [6, 6.07) is 5.66. The van der Waals surface area contributed by atoms with Crippen LogP contribution in [0.25, 0.3) is 0 Å². The van der Waals surface area contributed by atoms with Crippen molar-refractivity contribution in [2.75, 3.05) is 11.9 Å². The first-order valence-corrected chi connectivity index (χ1v) is 10.2. The fourth-order valence-electron chi connectivity index (χ4n) is 3.99. The van der Waals surface area contributed by atoms with Crippen molar-refractivity contribution in [3.8, 4) is 0 Å². The molecule has 4 N–H and O–H groups in total. The minimum Gasteiger partial charge on any atom is -0.595 e. The molecule has 0 aromatic heterocycles. The first-order valence-electron chi connectivity index (χ1n) is 10.2. The average molecular weight is 453 g/mol. The number of amides is 2. The Labute approximate surface area is 184 Å². The number of carbonyl (C=O) groups is 2. The van der Waals surface area contributed by atoms with E-state index in [9.17, 15) is 14.8 Å². The van der Waals surface area contributed by atoms with Crippen LogP contribution in [0.4, 0.5) is 11.4 Å². The molecule has 0 spiro atoms. The van der Waals surface area contributed by atoms with Gasteiger partial charge in [-0.25, -0.2) is 5.21 Å². The van der Waals surface area contributed by atoms with Crippen molar-refractivity contribution < 1.29 is 43.7 Å². The van der Waals surface area contributed by atoms with Crippen molar-refractivity contribution in [2.45, 2.75) is 70.0 Å². The molecule has 3 saturated heterocycles. The van der Waals surface area contributed by atoms with Gasteiger partial charge < -0.3 is 39.5 Å². The second-order valence-electron chi connectivity index (χ2n) is 8.74. The molecule has 3 aliphatic rings. The number of benzene rings is 1. The summed E-state index contributed by atoms with van der Waals surface area (Å²) in [5.41, 5.74) is 0.501. The van der Waals surface area contributed by atoms with Gasteiger partial charge in [-0.05, 0) is 39.8 Å². The smallest absolute Gasteiger partial charge is 0.252 e. The normalized spacial score (nSPS) is 33.1. The largest absolute Gasteiger partial charge is 0.595 e. The summed E-state index contributed by atoms with van der Waals surface area (Å²) < 4.78 is 29.4. The zero-order valence-electron chi connectivity index (χ0n) is 18.1. The molecule has 3 aliphatic heterocycles. The first-order chi connectivity index (χ1) is 14.9. The van der Waals surface area contributed by atoms with Gasteiger partial charge in [0.1, 0.15) is 18.3 Å². The Hall–Kier alpha value is -2.16. The van der Waals surface area contributed by atoms with Crippen LogP contribution in [-0.4, -0.2) is 65.8 Å². The molecule has 3 fully saturated rings. The van der Waals surface area contributed by atoms with Gasteiger partial charge in [0, 0.05) is 17.8 Å². The van der Waals surface area contributed by atoms with Crippen LogP contribution >= 0.6 is 0 Å². The highest BCUT2D eigenvalue weighted by molar-refractivity contribution is 5.95. The van der Waals surface area contributed by atoms with E-state index >= 15 is 0 Å². The van der Waals surface area contributed by atoms with Crippen LogP contribution in [0.1, 0.15) is 27.7 Å². The summed E-state index contributed by atoms with van der Waals surface area (Å²) in [6.07, 6.45) is -3.76. The second-order valence-corrected chi connectivity index (χ2v) is 8.74. The van der Waals surface area contributed by atoms with E-state index in [-0.39, 0.29) is 12.2 Å². The van der Waals surface area contributed by atoms with Gasteiger partial charge in [-0.1, -0.05) is 0 Å². The Morgan fingerprint density at radius 3 is 2.25 bits per heavy atom. The summed E-state index contributed by atoms with van der Waals surface area (Å²) in [7, 11) is 0. The Morgan fingerprint density at radius 1 is 1.00 bits per heavy atom. The number of rotatable bonds is 5. The SMILES string of the molecule is CC1(C)O[C@H]2OC(C(=O)NCC(=O)Nc3ccc([NH+]([O-])O)cc3)[C@@H]3OC(C)(C)O[C@@H]3[C@H]2O1. The van der Waals surface area contributed by atoms with E-state index < -0.39 is 59.3 Å². The Kier molecular flexibility index (Phi) is 5.98. The van der Waals surface area contributed by atoms with Gasteiger partial charge in [-0.2, -0.15) is 5.23 Å². The molecule has 4 rings (SSSR count). The van der Waals surface area contributed by atoms with Crippen molar-refractivity contribution in [3.05, 3.63) is 29.5 Å². The molecule has 2 amide bonds. The van der Waals surface area contributed by atoms with E-state index in [0.29, 0.717) is 5.69 Å². The molecule has 12 heteroatoms. The van der Waals surface area contributed by atoms with E-state index in [4.69, 9.17) is 28.9 Å².